The number of sulfonamides is 1. The average molecular weight is 277 g/mol. The Morgan fingerprint density at radius 1 is 1.11 bits per heavy atom. The SMILES string of the molecule is CC(C)(C)S(=O)(=O)NC1CCC2(CC1)OCCO2. The molecule has 0 bridgehead atoms. The predicted molar refractivity (Wildman–Crippen MR) is 68.7 cm³/mol. The van der Waals surface area contributed by atoms with Crippen molar-refractivity contribution in [2.75, 3.05) is 13.2 Å². The first kappa shape index (κ1) is 14.2. The summed E-state index contributed by atoms with van der Waals surface area (Å²) in [6.45, 7) is 6.44. The molecule has 2 aliphatic rings. The van der Waals surface area contributed by atoms with Gasteiger partial charge in [-0.15, -0.1) is 0 Å². The molecule has 0 radical (unpaired) electrons. The quantitative estimate of drug-likeness (QED) is 0.828. The molecule has 2 fully saturated rings. The second kappa shape index (κ2) is 4.74. The lowest BCUT2D eigenvalue weighted by Gasteiger charge is -2.36. The van der Waals surface area contributed by atoms with Crippen molar-refractivity contribution in [1.82, 2.24) is 4.72 Å². The molecule has 1 spiro atoms. The van der Waals surface area contributed by atoms with E-state index in [9.17, 15) is 8.42 Å². The van der Waals surface area contributed by atoms with Crippen LogP contribution in [0.15, 0.2) is 0 Å². The molecule has 1 heterocycles. The van der Waals surface area contributed by atoms with Crippen LogP contribution in [0, 0.1) is 0 Å². The maximum atomic E-state index is 12.1. The first-order chi connectivity index (χ1) is 8.24. The maximum Gasteiger partial charge on any atom is 0.216 e. The van der Waals surface area contributed by atoms with Gasteiger partial charge in [0, 0.05) is 18.9 Å². The summed E-state index contributed by atoms with van der Waals surface area (Å²) >= 11 is 0. The first-order valence-corrected chi connectivity index (χ1v) is 8.02. The van der Waals surface area contributed by atoms with Crippen molar-refractivity contribution in [2.24, 2.45) is 0 Å². The Hall–Kier alpha value is -0.170. The zero-order valence-electron chi connectivity index (χ0n) is 11.4. The van der Waals surface area contributed by atoms with Gasteiger partial charge in [-0.1, -0.05) is 0 Å². The molecule has 106 valence electrons. The molecule has 1 aliphatic carbocycles. The van der Waals surface area contributed by atoms with Crippen LogP contribution >= 0.6 is 0 Å². The van der Waals surface area contributed by atoms with Crippen LogP contribution in [-0.4, -0.2) is 38.2 Å². The van der Waals surface area contributed by atoms with E-state index in [0.29, 0.717) is 13.2 Å². The minimum absolute atomic E-state index is 0.00708. The lowest BCUT2D eigenvalue weighted by Crippen LogP contribution is -2.48. The van der Waals surface area contributed by atoms with Crippen molar-refractivity contribution in [3.63, 3.8) is 0 Å². The van der Waals surface area contributed by atoms with Crippen LogP contribution in [0.3, 0.4) is 0 Å². The van der Waals surface area contributed by atoms with E-state index in [4.69, 9.17) is 9.47 Å². The van der Waals surface area contributed by atoms with Crippen LogP contribution in [0.25, 0.3) is 0 Å². The number of hydrogen-bond acceptors (Lipinski definition) is 4. The standard InChI is InChI=1S/C12H23NO4S/c1-11(2,3)18(14,15)13-10-4-6-12(7-5-10)16-8-9-17-12/h10,13H,4-9H2,1-3H3. The minimum atomic E-state index is -3.26. The molecular formula is C12H23NO4S. The lowest BCUT2D eigenvalue weighted by molar-refractivity contribution is -0.178. The highest BCUT2D eigenvalue weighted by atomic mass is 32.2. The van der Waals surface area contributed by atoms with Crippen molar-refractivity contribution in [3.05, 3.63) is 0 Å². The van der Waals surface area contributed by atoms with Crippen molar-refractivity contribution >= 4 is 10.0 Å². The molecule has 0 amide bonds. The predicted octanol–water partition coefficient (Wildman–Crippen LogP) is 1.39. The molecule has 0 unspecified atom stereocenters. The highest BCUT2D eigenvalue weighted by Gasteiger charge is 2.42. The van der Waals surface area contributed by atoms with Gasteiger partial charge in [0.25, 0.3) is 0 Å². The first-order valence-electron chi connectivity index (χ1n) is 6.54. The summed E-state index contributed by atoms with van der Waals surface area (Å²) in [6.07, 6.45) is 3.08. The lowest BCUT2D eigenvalue weighted by atomic mass is 9.91. The van der Waals surface area contributed by atoms with Crippen LogP contribution in [0.4, 0.5) is 0 Å². The van der Waals surface area contributed by atoms with Crippen LogP contribution in [0.1, 0.15) is 46.5 Å². The fraction of sp³-hybridized carbons (Fsp3) is 1.00. The molecule has 1 saturated heterocycles. The largest absolute Gasteiger partial charge is 0.348 e. The minimum Gasteiger partial charge on any atom is -0.348 e. The number of rotatable bonds is 2. The van der Waals surface area contributed by atoms with Gasteiger partial charge in [-0.25, -0.2) is 13.1 Å². The Kier molecular flexibility index (Phi) is 3.75. The van der Waals surface area contributed by atoms with E-state index in [2.05, 4.69) is 4.72 Å². The molecule has 0 aromatic carbocycles. The summed E-state index contributed by atoms with van der Waals surface area (Å²) in [4.78, 5) is 0. The topological polar surface area (TPSA) is 64.6 Å². The van der Waals surface area contributed by atoms with Crippen LogP contribution in [0.2, 0.25) is 0 Å². The second-order valence-corrected chi connectivity index (χ2v) is 8.58. The number of ether oxygens (including phenoxy) is 2. The molecule has 1 N–H and O–H groups in total. The molecule has 0 aromatic rings. The van der Waals surface area contributed by atoms with Crippen LogP contribution in [-0.2, 0) is 19.5 Å². The van der Waals surface area contributed by atoms with Crippen molar-refractivity contribution in [2.45, 2.75) is 63.0 Å². The fourth-order valence-electron chi connectivity index (χ4n) is 2.36. The molecule has 6 heteroatoms. The number of nitrogens with one attached hydrogen (secondary N) is 1. The maximum absolute atomic E-state index is 12.1. The third-order valence-corrected chi connectivity index (χ3v) is 5.94. The Labute approximate surface area is 109 Å². The van der Waals surface area contributed by atoms with Gasteiger partial charge in [0.1, 0.15) is 0 Å². The van der Waals surface area contributed by atoms with Gasteiger partial charge in [0.05, 0.1) is 18.0 Å². The molecule has 0 atom stereocenters. The Morgan fingerprint density at radius 3 is 2.06 bits per heavy atom. The van der Waals surface area contributed by atoms with E-state index < -0.39 is 20.6 Å². The van der Waals surface area contributed by atoms with E-state index in [1.54, 1.807) is 20.8 Å². The van der Waals surface area contributed by atoms with Crippen molar-refractivity contribution in [3.8, 4) is 0 Å². The van der Waals surface area contributed by atoms with E-state index in [1.165, 1.54) is 0 Å². The third kappa shape index (κ3) is 2.87. The van der Waals surface area contributed by atoms with E-state index in [0.717, 1.165) is 25.7 Å². The Morgan fingerprint density at radius 2 is 1.61 bits per heavy atom. The summed E-state index contributed by atoms with van der Waals surface area (Å²) in [7, 11) is -3.26. The van der Waals surface area contributed by atoms with E-state index >= 15 is 0 Å². The molecule has 2 rings (SSSR count). The van der Waals surface area contributed by atoms with Gasteiger partial charge in [-0.3, -0.25) is 0 Å². The second-order valence-electron chi connectivity index (χ2n) is 6.12. The summed E-state index contributed by atoms with van der Waals surface area (Å²) in [5.41, 5.74) is 0. The molecule has 18 heavy (non-hydrogen) atoms. The summed E-state index contributed by atoms with van der Waals surface area (Å²) < 4.78 is 37.4. The van der Waals surface area contributed by atoms with Gasteiger partial charge in [0.15, 0.2) is 5.79 Å². The van der Waals surface area contributed by atoms with Gasteiger partial charge in [0.2, 0.25) is 10.0 Å². The van der Waals surface area contributed by atoms with Gasteiger partial charge in [-0.05, 0) is 33.6 Å². The molecular weight excluding hydrogens is 254 g/mol. The summed E-state index contributed by atoms with van der Waals surface area (Å²) in [5.74, 6) is -0.427. The smallest absolute Gasteiger partial charge is 0.216 e. The highest BCUT2D eigenvalue weighted by Crippen LogP contribution is 2.36. The zero-order valence-corrected chi connectivity index (χ0v) is 12.2. The number of hydrogen-bond donors (Lipinski definition) is 1. The Bertz CT molecular complexity index is 383. The Balaban J connectivity index is 1.91. The van der Waals surface area contributed by atoms with Crippen molar-refractivity contribution in [1.29, 1.82) is 0 Å². The summed E-state index contributed by atoms with van der Waals surface area (Å²) in [5, 5.41) is 0. The zero-order chi connectivity index (χ0) is 13.4. The van der Waals surface area contributed by atoms with E-state index in [1.807, 2.05) is 0 Å². The normalized spacial score (nSPS) is 25.7. The van der Waals surface area contributed by atoms with Gasteiger partial charge >= 0.3 is 0 Å². The molecule has 0 aromatic heterocycles. The fourth-order valence-corrected chi connectivity index (χ4v) is 3.39. The molecule has 5 nitrogen and oxygen atoms in total. The van der Waals surface area contributed by atoms with Crippen LogP contribution in [0.5, 0.6) is 0 Å². The highest BCUT2D eigenvalue weighted by molar-refractivity contribution is 7.90. The third-order valence-electron chi connectivity index (χ3n) is 3.69. The molecule has 1 saturated carbocycles. The van der Waals surface area contributed by atoms with Gasteiger partial charge in [-0.2, -0.15) is 0 Å². The van der Waals surface area contributed by atoms with Crippen molar-refractivity contribution < 1.29 is 17.9 Å². The van der Waals surface area contributed by atoms with E-state index in [-0.39, 0.29) is 6.04 Å². The monoisotopic (exact) mass is 277 g/mol. The summed E-state index contributed by atoms with van der Waals surface area (Å²) in [6, 6.07) is 0.00708. The molecule has 1 aliphatic heterocycles. The van der Waals surface area contributed by atoms with Gasteiger partial charge < -0.3 is 9.47 Å². The average Bonchev–Trinajstić information content (AvgIpc) is 2.69. The van der Waals surface area contributed by atoms with Crippen LogP contribution < -0.4 is 4.72 Å².